The van der Waals surface area contributed by atoms with Gasteiger partial charge in [0, 0.05) is 6.04 Å². The molecule has 0 bridgehead atoms. The Kier molecular flexibility index (Phi) is 2.24. The fourth-order valence-corrected chi connectivity index (χ4v) is 1.16. The highest BCUT2D eigenvalue weighted by Gasteiger charge is 2.27. The summed E-state index contributed by atoms with van der Waals surface area (Å²) in [6.07, 6.45) is 1.38. The summed E-state index contributed by atoms with van der Waals surface area (Å²) in [6.45, 7) is 0.0315. The van der Waals surface area contributed by atoms with Crippen LogP contribution in [-0.2, 0) is 4.79 Å². The molecule has 1 aliphatic heterocycles. The Morgan fingerprint density at radius 2 is 2.30 bits per heavy atom. The first kappa shape index (κ1) is 7.50. The molecular formula is C6H11NO3. The van der Waals surface area contributed by atoms with Crippen LogP contribution in [0.25, 0.3) is 0 Å². The van der Waals surface area contributed by atoms with E-state index >= 15 is 0 Å². The summed E-state index contributed by atoms with van der Waals surface area (Å²) < 4.78 is 0. The molecule has 0 aromatic carbocycles. The monoisotopic (exact) mass is 145 g/mol. The molecule has 1 unspecified atom stereocenters. The number of aliphatic carboxylic acids is 1. The first-order valence-corrected chi connectivity index (χ1v) is 3.33. The van der Waals surface area contributed by atoms with E-state index in [1.165, 1.54) is 0 Å². The highest BCUT2D eigenvalue weighted by Crippen LogP contribution is 2.11. The highest BCUT2D eigenvalue weighted by atomic mass is 16.4. The lowest BCUT2D eigenvalue weighted by atomic mass is 10.2. The fourth-order valence-electron chi connectivity index (χ4n) is 1.16. The molecule has 10 heavy (non-hydrogen) atoms. The van der Waals surface area contributed by atoms with Gasteiger partial charge in [-0.15, -0.1) is 0 Å². The molecule has 4 nitrogen and oxygen atoms in total. The Morgan fingerprint density at radius 1 is 1.60 bits per heavy atom. The van der Waals surface area contributed by atoms with Gasteiger partial charge in [0.25, 0.3) is 0 Å². The minimum absolute atomic E-state index is 0.0129. The average molecular weight is 145 g/mol. The van der Waals surface area contributed by atoms with Crippen molar-refractivity contribution in [2.45, 2.75) is 24.9 Å². The van der Waals surface area contributed by atoms with Gasteiger partial charge in [0.15, 0.2) is 0 Å². The molecule has 2 atom stereocenters. The summed E-state index contributed by atoms with van der Waals surface area (Å²) in [5.74, 6) is -0.823. The van der Waals surface area contributed by atoms with E-state index in [1.54, 1.807) is 0 Å². The third-order valence-corrected chi connectivity index (χ3v) is 1.76. The first-order chi connectivity index (χ1) is 4.74. The second kappa shape index (κ2) is 2.98. The first-order valence-electron chi connectivity index (χ1n) is 3.33. The largest absolute Gasteiger partial charge is 0.480 e. The van der Waals surface area contributed by atoms with Crippen molar-refractivity contribution in [2.75, 3.05) is 6.61 Å². The van der Waals surface area contributed by atoms with Gasteiger partial charge >= 0.3 is 5.97 Å². The van der Waals surface area contributed by atoms with E-state index in [0.717, 1.165) is 6.42 Å². The smallest absolute Gasteiger partial charge is 0.320 e. The predicted octanol–water partition coefficient (Wildman–Crippen LogP) is -0.816. The molecule has 0 aromatic rings. The van der Waals surface area contributed by atoms with E-state index in [1.807, 2.05) is 0 Å². The van der Waals surface area contributed by atoms with E-state index in [9.17, 15) is 4.79 Å². The van der Waals surface area contributed by atoms with Crippen LogP contribution in [0.3, 0.4) is 0 Å². The Bertz CT molecular complexity index is 137. The van der Waals surface area contributed by atoms with Crippen molar-refractivity contribution in [1.82, 2.24) is 5.32 Å². The van der Waals surface area contributed by atoms with Crippen LogP contribution >= 0.6 is 0 Å². The molecule has 0 spiro atoms. The molecule has 0 aromatic heterocycles. The van der Waals surface area contributed by atoms with Crippen LogP contribution in [0.2, 0.25) is 0 Å². The maximum absolute atomic E-state index is 10.3. The maximum atomic E-state index is 10.3. The minimum Gasteiger partial charge on any atom is -0.480 e. The van der Waals surface area contributed by atoms with Crippen molar-refractivity contribution >= 4 is 5.97 Å². The van der Waals surface area contributed by atoms with Crippen molar-refractivity contribution in [2.24, 2.45) is 0 Å². The maximum Gasteiger partial charge on any atom is 0.320 e. The molecule has 4 heteroatoms. The van der Waals surface area contributed by atoms with E-state index in [0.29, 0.717) is 6.42 Å². The van der Waals surface area contributed by atoms with Crippen molar-refractivity contribution in [3.8, 4) is 0 Å². The molecule has 1 aliphatic rings. The Labute approximate surface area is 58.9 Å². The number of rotatable bonds is 2. The molecule has 1 heterocycles. The standard InChI is InChI=1S/C6H11NO3/c8-3-4-1-2-5(7-4)6(9)10/h4-5,7-8H,1-3H2,(H,9,10)/t4?,5-/m0/s1. The van der Waals surface area contributed by atoms with Crippen LogP contribution in [0.4, 0.5) is 0 Å². The zero-order valence-corrected chi connectivity index (χ0v) is 5.58. The lowest BCUT2D eigenvalue weighted by molar-refractivity contribution is -0.139. The van der Waals surface area contributed by atoms with Crippen molar-refractivity contribution in [1.29, 1.82) is 0 Å². The molecule has 1 rings (SSSR count). The molecule has 0 radical (unpaired) electrons. The van der Waals surface area contributed by atoms with Gasteiger partial charge < -0.3 is 10.2 Å². The Hall–Kier alpha value is -0.610. The number of carbonyl (C=O) groups is 1. The molecule has 0 amide bonds. The number of aliphatic hydroxyl groups excluding tert-OH is 1. The summed E-state index contributed by atoms with van der Waals surface area (Å²) in [4.78, 5) is 10.3. The molecule has 0 aliphatic carbocycles. The zero-order valence-electron chi connectivity index (χ0n) is 5.58. The van der Waals surface area contributed by atoms with Crippen LogP contribution in [0.15, 0.2) is 0 Å². The van der Waals surface area contributed by atoms with Gasteiger partial charge in [-0.2, -0.15) is 0 Å². The van der Waals surface area contributed by atoms with Crippen molar-refractivity contribution < 1.29 is 15.0 Å². The summed E-state index contributed by atoms with van der Waals surface area (Å²) >= 11 is 0. The van der Waals surface area contributed by atoms with Crippen molar-refractivity contribution in [3.05, 3.63) is 0 Å². The van der Waals surface area contributed by atoms with E-state index in [-0.39, 0.29) is 12.6 Å². The van der Waals surface area contributed by atoms with Crippen molar-refractivity contribution in [3.63, 3.8) is 0 Å². The Morgan fingerprint density at radius 3 is 2.60 bits per heavy atom. The summed E-state index contributed by atoms with van der Waals surface area (Å²) in [5.41, 5.74) is 0. The lowest BCUT2D eigenvalue weighted by Crippen LogP contribution is -2.36. The van der Waals surface area contributed by atoms with E-state index in [2.05, 4.69) is 5.32 Å². The van der Waals surface area contributed by atoms with Gasteiger partial charge in [0.2, 0.25) is 0 Å². The van der Waals surface area contributed by atoms with Gasteiger partial charge in [-0.1, -0.05) is 0 Å². The van der Waals surface area contributed by atoms with Crippen LogP contribution in [0.1, 0.15) is 12.8 Å². The zero-order chi connectivity index (χ0) is 7.56. The molecule has 1 fully saturated rings. The molecule has 0 saturated carbocycles. The SMILES string of the molecule is O=C(O)[C@@H]1CCC(CO)N1. The molecule has 1 saturated heterocycles. The van der Waals surface area contributed by atoms with Gasteiger partial charge in [-0.05, 0) is 12.8 Å². The highest BCUT2D eigenvalue weighted by molar-refractivity contribution is 5.73. The normalized spacial score (nSPS) is 32.5. The van der Waals surface area contributed by atoms with E-state index < -0.39 is 12.0 Å². The van der Waals surface area contributed by atoms with Gasteiger partial charge in [-0.3, -0.25) is 10.1 Å². The van der Waals surface area contributed by atoms with Crippen LogP contribution < -0.4 is 5.32 Å². The molecule has 3 N–H and O–H groups in total. The summed E-state index contributed by atoms with van der Waals surface area (Å²) in [7, 11) is 0. The van der Waals surface area contributed by atoms with E-state index in [4.69, 9.17) is 10.2 Å². The van der Waals surface area contributed by atoms with Gasteiger partial charge in [0.1, 0.15) is 6.04 Å². The minimum atomic E-state index is -0.823. The molecular weight excluding hydrogens is 134 g/mol. The third kappa shape index (κ3) is 1.46. The predicted molar refractivity (Wildman–Crippen MR) is 34.7 cm³/mol. The van der Waals surface area contributed by atoms with Crippen LogP contribution in [-0.4, -0.2) is 34.9 Å². The lowest BCUT2D eigenvalue weighted by Gasteiger charge is -2.06. The number of hydrogen-bond donors (Lipinski definition) is 3. The number of aliphatic hydroxyl groups is 1. The fraction of sp³-hybridized carbons (Fsp3) is 0.833. The Balaban J connectivity index is 2.35. The van der Waals surface area contributed by atoms with Crippen LogP contribution in [0, 0.1) is 0 Å². The van der Waals surface area contributed by atoms with Gasteiger partial charge in [-0.25, -0.2) is 0 Å². The average Bonchev–Trinajstić information content (AvgIpc) is 2.34. The number of nitrogens with one attached hydrogen (secondary N) is 1. The number of carboxylic acids is 1. The second-order valence-corrected chi connectivity index (χ2v) is 2.51. The second-order valence-electron chi connectivity index (χ2n) is 2.51. The number of carboxylic acid groups (broad SMARTS) is 1. The quantitative estimate of drug-likeness (QED) is 0.475. The summed E-state index contributed by atoms with van der Waals surface area (Å²) in [6, 6.07) is -0.460. The van der Waals surface area contributed by atoms with Gasteiger partial charge in [0.05, 0.1) is 6.61 Å². The topological polar surface area (TPSA) is 69.6 Å². The van der Waals surface area contributed by atoms with Crippen LogP contribution in [0.5, 0.6) is 0 Å². The molecule has 58 valence electrons. The summed E-state index contributed by atoms with van der Waals surface area (Å²) in [5, 5.41) is 19.9. The number of hydrogen-bond acceptors (Lipinski definition) is 3. The third-order valence-electron chi connectivity index (χ3n) is 1.76.